The van der Waals surface area contributed by atoms with Crippen molar-refractivity contribution in [1.82, 2.24) is 20.5 Å². The maximum atomic E-state index is 5.31. The Morgan fingerprint density at radius 3 is 2.90 bits per heavy atom. The smallest absolute Gasteiger partial charge is 0.245 e. The number of aromatic amines is 1. The highest BCUT2D eigenvalue weighted by Crippen LogP contribution is 2.24. The summed E-state index contributed by atoms with van der Waals surface area (Å²) in [6.07, 6.45) is 4.06. The average molecular weight is 275 g/mol. The molecule has 0 unspecified atom stereocenters. The summed E-state index contributed by atoms with van der Waals surface area (Å²) in [4.78, 5) is 6.84. The first kappa shape index (κ1) is 13.2. The van der Waals surface area contributed by atoms with E-state index in [0.29, 0.717) is 0 Å². The summed E-state index contributed by atoms with van der Waals surface area (Å²) in [5.74, 6) is 3.21. The number of H-pyrrole nitrogens is 1. The van der Waals surface area contributed by atoms with Crippen molar-refractivity contribution in [3.05, 3.63) is 18.1 Å². The van der Waals surface area contributed by atoms with Gasteiger partial charge in [0.15, 0.2) is 5.82 Å². The molecule has 6 heteroatoms. The van der Waals surface area contributed by atoms with Crippen LogP contribution in [0.2, 0.25) is 0 Å². The molecule has 3 rings (SSSR count). The third-order valence-corrected chi connectivity index (χ3v) is 3.98. The van der Waals surface area contributed by atoms with E-state index in [4.69, 9.17) is 4.42 Å². The maximum absolute atomic E-state index is 5.31. The molecule has 0 aliphatic carbocycles. The van der Waals surface area contributed by atoms with Gasteiger partial charge in [0.1, 0.15) is 5.76 Å². The molecule has 1 aliphatic rings. The fourth-order valence-corrected chi connectivity index (χ4v) is 2.77. The van der Waals surface area contributed by atoms with Crippen molar-refractivity contribution >= 4 is 5.95 Å². The molecule has 2 aromatic rings. The second-order valence-electron chi connectivity index (χ2n) is 5.36. The Morgan fingerprint density at radius 1 is 1.45 bits per heavy atom. The lowest BCUT2D eigenvalue weighted by molar-refractivity contribution is 0.391. The predicted octanol–water partition coefficient (Wildman–Crippen LogP) is 1.81. The topological polar surface area (TPSA) is 70.0 Å². The molecule has 1 saturated heterocycles. The predicted molar refractivity (Wildman–Crippen MR) is 77.7 cm³/mol. The van der Waals surface area contributed by atoms with Crippen molar-refractivity contribution in [2.24, 2.45) is 5.92 Å². The number of rotatable bonds is 4. The zero-order chi connectivity index (χ0) is 13.9. The minimum absolute atomic E-state index is 0.769. The fraction of sp³-hybridized carbons (Fsp3) is 0.571. The molecule has 6 nitrogen and oxygen atoms in total. The molecule has 2 N–H and O–H groups in total. The van der Waals surface area contributed by atoms with E-state index in [1.54, 1.807) is 6.26 Å². The minimum atomic E-state index is 0.769. The quantitative estimate of drug-likeness (QED) is 0.890. The van der Waals surface area contributed by atoms with Gasteiger partial charge in [0.25, 0.3) is 0 Å². The Balaban J connectivity index is 1.68. The van der Waals surface area contributed by atoms with Crippen LogP contribution in [0.4, 0.5) is 5.95 Å². The first-order valence-electron chi connectivity index (χ1n) is 7.14. The fourth-order valence-electron chi connectivity index (χ4n) is 2.77. The lowest BCUT2D eigenvalue weighted by Crippen LogP contribution is -2.37. The average Bonchev–Trinajstić information content (AvgIpc) is 3.08. The lowest BCUT2D eigenvalue weighted by Gasteiger charge is -2.30. The summed E-state index contributed by atoms with van der Waals surface area (Å²) in [6.45, 7) is 5.07. The van der Waals surface area contributed by atoms with Crippen molar-refractivity contribution in [2.45, 2.75) is 19.8 Å². The number of anilines is 1. The van der Waals surface area contributed by atoms with Gasteiger partial charge in [-0.1, -0.05) is 0 Å². The zero-order valence-corrected chi connectivity index (χ0v) is 12.0. The number of aryl methyl sites for hydroxylation is 1. The van der Waals surface area contributed by atoms with Crippen LogP contribution < -0.4 is 10.2 Å². The van der Waals surface area contributed by atoms with Crippen LogP contribution in [-0.2, 0) is 0 Å². The molecule has 0 atom stereocenters. The summed E-state index contributed by atoms with van der Waals surface area (Å²) in [7, 11) is 2.02. The molecule has 3 heterocycles. The molecule has 1 aliphatic heterocycles. The Kier molecular flexibility index (Phi) is 3.73. The van der Waals surface area contributed by atoms with Gasteiger partial charge in [-0.2, -0.15) is 4.98 Å². The van der Waals surface area contributed by atoms with E-state index in [0.717, 1.165) is 48.6 Å². The third kappa shape index (κ3) is 2.56. The highest BCUT2D eigenvalue weighted by atomic mass is 16.3. The molecule has 0 bridgehead atoms. The molecule has 0 radical (unpaired) electrons. The molecule has 2 aromatic heterocycles. The number of nitrogens with one attached hydrogen (secondary N) is 2. The molecule has 0 spiro atoms. The van der Waals surface area contributed by atoms with Crippen molar-refractivity contribution < 1.29 is 4.42 Å². The molecular formula is C14H21N5O. The van der Waals surface area contributed by atoms with Crippen LogP contribution in [0.3, 0.4) is 0 Å². The number of piperidine rings is 1. The number of hydrogen-bond donors (Lipinski definition) is 2. The van der Waals surface area contributed by atoms with Crippen molar-refractivity contribution in [1.29, 1.82) is 0 Å². The van der Waals surface area contributed by atoms with Crippen molar-refractivity contribution in [3.8, 4) is 11.4 Å². The second kappa shape index (κ2) is 5.66. The van der Waals surface area contributed by atoms with Crippen molar-refractivity contribution in [2.75, 3.05) is 31.6 Å². The van der Waals surface area contributed by atoms with Gasteiger partial charge in [0.2, 0.25) is 5.95 Å². The van der Waals surface area contributed by atoms with E-state index in [-0.39, 0.29) is 0 Å². The molecule has 0 amide bonds. The highest BCUT2D eigenvalue weighted by Gasteiger charge is 2.22. The van der Waals surface area contributed by atoms with E-state index in [1.807, 2.05) is 20.0 Å². The number of furan rings is 1. The minimum Gasteiger partial charge on any atom is -0.469 e. The Hall–Kier alpha value is -1.82. The van der Waals surface area contributed by atoms with Crippen LogP contribution in [0.5, 0.6) is 0 Å². The number of hydrogen-bond acceptors (Lipinski definition) is 5. The largest absolute Gasteiger partial charge is 0.469 e. The summed E-state index contributed by atoms with van der Waals surface area (Å²) < 4.78 is 5.31. The zero-order valence-electron chi connectivity index (χ0n) is 12.0. The van der Waals surface area contributed by atoms with Gasteiger partial charge in [-0.15, -0.1) is 5.10 Å². The van der Waals surface area contributed by atoms with E-state index in [9.17, 15) is 0 Å². The molecule has 0 aromatic carbocycles. The standard InChI is InChI=1S/C14H21N5O/c1-10-12(5-8-20-10)13-16-14(18-17-13)19-6-3-11(4-7-19)9-15-2/h5,8,11,15H,3-4,6-7,9H2,1-2H3,(H,16,17,18). The third-order valence-electron chi connectivity index (χ3n) is 3.98. The van der Waals surface area contributed by atoms with Crippen LogP contribution in [0.1, 0.15) is 18.6 Å². The lowest BCUT2D eigenvalue weighted by atomic mass is 9.97. The number of aromatic nitrogens is 3. The molecule has 1 fully saturated rings. The maximum Gasteiger partial charge on any atom is 0.245 e. The first-order valence-corrected chi connectivity index (χ1v) is 7.14. The summed E-state index contributed by atoms with van der Waals surface area (Å²) in [6, 6.07) is 1.92. The van der Waals surface area contributed by atoms with Crippen molar-refractivity contribution in [3.63, 3.8) is 0 Å². The normalized spacial score (nSPS) is 16.8. The van der Waals surface area contributed by atoms with Gasteiger partial charge in [0, 0.05) is 13.1 Å². The van der Waals surface area contributed by atoms with Gasteiger partial charge < -0.3 is 14.6 Å². The van der Waals surface area contributed by atoms with Gasteiger partial charge in [0.05, 0.1) is 11.8 Å². The van der Waals surface area contributed by atoms with Crippen LogP contribution in [0.15, 0.2) is 16.7 Å². The Bertz CT molecular complexity index is 553. The number of nitrogens with zero attached hydrogens (tertiary/aromatic N) is 3. The Labute approximate surface area is 118 Å². The van der Waals surface area contributed by atoms with Gasteiger partial charge in [-0.3, -0.25) is 5.10 Å². The van der Waals surface area contributed by atoms with Crippen LogP contribution >= 0.6 is 0 Å². The van der Waals surface area contributed by atoms with Crippen LogP contribution in [0.25, 0.3) is 11.4 Å². The molecule has 20 heavy (non-hydrogen) atoms. The van der Waals surface area contributed by atoms with E-state index >= 15 is 0 Å². The van der Waals surface area contributed by atoms with Gasteiger partial charge in [-0.25, -0.2) is 0 Å². The summed E-state index contributed by atoms with van der Waals surface area (Å²) >= 11 is 0. The van der Waals surface area contributed by atoms with Gasteiger partial charge >= 0.3 is 0 Å². The SMILES string of the molecule is CNCC1CCN(c2n[nH]c(-c3ccoc3C)n2)CC1. The molecule has 0 saturated carbocycles. The Morgan fingerprint density at radius 2 is 2.25 bits per heavy atom. The molecular weight excluding hydrogens is 254 g/mol. The van der Waals surface area contributed by atoms with Gasteiger partial charge in [-0.05, 0) is 45.3 Å². The highest BCUT2D eigenvalue weighted by molar-refractivity contribution is 5.58. The van der Waals surface area contributed by atoms with Crippen LogP contribution in [0, 0.1) is 12.8 Å². The van der Waals surface area contributed by atoms with E-state index < -0.39 is 0 Å². The van der Waals surface area contributed by atoms with E-state index in [2.05, 4.69) is 25.4 Å². The molecule has 108 valence electrons. The van der Waals surface area contributed by atoms with Crippen LogP contribution in [-0.4, -0.2) is 41.9 Å². The summed E-state index contributed by atoms with van der Waals surface area (Å²) in [5.41, 5.74) is 0.980. The summed E-state index contributed by atoms with van der Waals surface area (Å²) in [5, 5.41) is 10.6. The monoisotopic (exact) mass is 275 g/mol. The second-order valence-corrected chi connectivity index (χ2v) is 5.36. The van der Waals surface area contributed by atoms with E-state index in [1.165, 1.54) is 12.8 Å². The first-order chi connectivity index (χ1) is 9.78.